The molecule has 0 fully saturated rings. The van der Waals surface area contributed by atoms with E-state index in [1.54, 1.807) is 0 Å². The lowest BCUT2D eigenvalue weighted by Crippen LogP contribution is -2.00. The smallest absolute Gasteiger partial charge is 0.164 e. The fourth-order valence-corrected chi connectivity index (χ4v) is 9.65. The summed E-state index contributed by atoms with van der Waals surface area (Å²) >= 11 is 1.86. The van der Waals surface area contributed by atoms with Gasteiger partial charge >= 0.3 is 0 Å². The zero-order valence-electron chi connectivity index (χ0n) is 30.4. The second kappa shape index (κ2) is 12.6. The normalized spacial score (nSPS) is 11.9. The maximum absolute atomic E-state index is 6.41. The zero-order valence-corrected chi connectivity index (χ0v) is 31.2. The van der Waals surface area contributed by atoms with Gasteiger partial charge in [0.25, 0.3) is 0 Å². The third-order valence-electron chi connectivity index (χ3n) is 11.1. The molecular weight excluding hydrogens is 717 g/mol. The molecule has 0 bridgehead atoms. The van der Waals surface area contributed by atoms with Crippen LogP contribution in [0.2, 0.25) is 0 Å². The van der Waals surface area contributed by atoms with Crippen LogP contribution in [0.1, 0.15) is 0 Å². The Morgan fingerprint density at radius 3 is 1.58 bits per heavy atom. The van der Waals surface area contributed by atoms with Gasteiger partial charge in [0.05, 0.1) is 11.0 Å². The van der Waals surface area contributed by atoms with E-state index in [1.807, 2.05) is 84.1 Å². The highest BCUT2D eigenvalue weighted by Crippen LogP contribution is 2.43. The monoisotopic (exact) mass is 746 g/mol. The van der Waals surface area contributed by atoms with Crippen molar-refractivity contribution in [1.29, 1.82) is 0 Å². The number of hydrogen-bond acceptors (Lipinski definition) is 5. The van der Waals surface area contributed by atoms with E-state index < -0.39 is 0 Å². The number of para-hydroxylation sites is 2. The van der Waals surface area contributed by atoms with Crippen molar-refractivity contribution in [2.45, 2.75) is 0 Å². The van der Waals surface area contributed by atoms with Crippen LogP contribution in [-0.2, 0) is 0 Å². The Morgan fingerprint density at radius 2 is 0.930 bits per heavy atom. The van der Waals surface area contributed by atoms with Gasteiger partial charge in [0.1, 0.15) is 11.2 Å². The molecule has 0 unspecified atom stereocenters. The van der Waals surface area contributed by atoms with Crippen LogP contribution in [0.3, 0.4) is 0 Å². The number of nitrogens with zero attached hydrogens (tertiary/aromatic N) is 4. The first kappa shape index (κ1) is 31.9. The molecule has 57 heavy (non-hydrogen) atoms. The van der Waals surface area contributed by atoms with Crippen LogP contribution in [0, 0.1) is 0 Å². The highest BCUT2D eigenvalue weighted by molar-refractivity contribution is 7.26. The Kier molecular flexibility index (Phi) is 7.03. The van der Waals surface area contributed by atoms with Crippen LogP contribution in [0.5, 0.6) is 0 Å². The molecule has 0 radical (unpaired) electrons. The molecule has 5 nitrogen and oxygen atoms in total. The molecule has 0 aliphatic heterocycles. The molecule has 0 amide bonds. The molecule has 0 saturated heterocycles. The van der Waals surface area contributed by atoms with E-state index in [9.17, 15) is 0 Å². The molecular formula is C51H30N4OS. The average molecular weight is 747 g/mol. The summed E-state index contributed by atoms with van der Waals surface area (Å²) in [7, 11) is 0. The first-order valence-electron chi connectivity index (χ1n) is 19.0. The second-order valence-electron chi connectivity index (χ2n) is 14.4. The lowest BCUT2D eigenvalue weighted by atomic mass is 10.00. The van der Waals surface area contributed by atoms with Crippen molar-refractivity contribution in [3.05, 3.63) is 182 Å². The zero-order chi connectivity index (χ0) is 37.5. The number of hydrogen-bond donors (Lipinski definition) is 0. The number of fused-ring (bicyclic) bond motifs is 9. The number of aromatic nitrogens is 4. The topological polar surface area (TPSA) is 56.7 Å². The fraction of sp³-hybridized carbons (Fsp3) is 0. The van der Waals surface area contributed by atoms with Crippen molar-refractivity contribution in [2.24, 2.45) is 0 Å². The van der Waals surface area contributed by atoms with E-state index in [0.717, 1.165) is 44.2 Å². The lowest BCUT2D eigenvalue weighted by molar-refractivity contribution is 0.669. The SMILES string of the molecule is c1ccc(-c2nc(-c3ccccc3)nc(-c3ccc4oc5ccc(-c6cccc7c6sc6cc(-n8c9ccccc9c9ccccc98)ccc67)cc5c4c3)n2)cc1. The van der Waals surface area contributed by atoms with E-state index in [0.29, 0.717) is 17.5 Å². The van der Waals surface area contributed by atoms with Gasteiger partial charge in [-0.1, -0.05) is 127 Å². The minimum Gasteiger partial charge on any atom is -0.456 e. The summed E-state index contributed by atoms with van der Waals surface area (Å²) in [4.78, 5) is 14.9. The van der Waals surface area contributed by atoms with Gasteiger partial charge in [0.15, 0.2) is 17.5 Å². The van der Waals surface area contributed by atoms with Crippen LogP contribution in [0.25, 0.3) is 115 Å². The summed E-state index contributed by atoms with van der Waals surface area (Å²) in [6.07, 6.45) is 0. The Bertz CT molecular complexity index is 3420. The van der Waals surface area contributed by atoms with Crippen molar-refractivity contribution < 1.29 is 4.42 Å². The van der Waals surface area contributed by atoms with Crippen molar-refractivity contribution in [2.75, 3.05) is 0 Å². The standard InChI is InChI=1S/C51H30N4OS/c1-3-12-31(13-4-1)49-52-50(32-14-5-2-6-15-32)54-51(53-49)34-23-27-46-42(29-34)41-28-33(22-26-45(41)56-46)36-18-11-19-40-39-25-24-35(30-47(39)57-48(36)40)55-43-20-9-7-16-37(43)38-17-8-10-21-44(38)55/h1-30H. The van der Waals surface area contributed by atoms with Crippen LogP contribution >= 0.6 is 11.3 Å². The van der Waals surface area contributed by atoms with Crippen LogP contribution in [-0.4, -0.2) is 19.5 Å². The van der Waals surface area contributed by atoms with Gasteiger partial charge in [0.2, 0.25) is 0 Å². The summed E-state index contributed by atoms with van der Waals surface area (Å²) in [6, 6.07) is 63.8. The predicted molar refractivity (Wildman–Crippen MR) is 236 cm³/mol. The van der Waals surface area contributed by atoms with E-state index >= 15 is 0 Å². The van der Waals surface area contributed by atoms with Gasteiger partial charge in [-0.15, -0.1) is 11.3 Å². The van der Waals surface area contributed by atoms with Crippen molar-refractivity contribution in [1.82, 2.24) is 19.5 Å². The van der Waals surface area contributed by atoms with E-state index in [-0.39, 0.29) is 0 Å². The molecule has 12 aromatic rings. The van der Waals surface area contributed by atoms with Crippen molar-refractivity contribution >= 4 is 75.3 Å². The van der Waals surface area contributed by atoms with Crippen LogP contribution in [0.4, 0.5) is 0 Å². The summed E-state index contributed by atoms with van der Waals surface area (Å²) in [5, 5.41) is 7.14. The number of thiophene rings is 1. The summed E-state index contributed by atoms with van der Waals surface area (Å²) in [5.41, 5.74) is 10.4. The summed E-state index contributed by atoms with van der Waals surface area (Å²) in [5.74, 6) is 1.89. The Morgan fingerprint density at radius 1 is 0.386 bits per heavy atom. The van der Waals surface area contributed by atoms with Gasteiger partial charge < -0.3 is 8.98 Å². The van der Waals surface area contributed by atoms with Crippen LogP contribution < -0.4 is 0 Å². The van der Waals surface area contributed by atoms with Crippen LogP contribution in [0.15, 0.2) is 186 Å². The molecule has 266 valence electrons. The number of furan rings is 1. The van der Waals surface area contributed by atoms with Gasteiger partial charge in [-0.3, -0.25) is 0 Å². The Hall–Kier alpha value is -7.41. The van der Waals surface area contributed by atoms with Gasteiger partial charge in [-0.2, -0.15) is 0 Å². The van der Waals surface area contributed by atoms with Gasteiger partial charge in [-0.25, -0.2) is 15.0 Å². The molecule has 12 rings (SSSR count). The molecule has 0 N–H and O–H groups in total. The van der Waals surface area contributed by atoms with Crippen molar-refractivity contribution in [3.63, 3.8) is 0 Å². The number of rotatable bonds is 5. The molecule has 0 atom stereocenters. The quantitative estimate of drug-likeness (QED) is 0.176. The minimum atomic E-state index is 0.616. The van der Waals surface area contributed by atoms with E-state index in [1.165, 1.54) is 53.2 Å². The minimum absolute atomic E-state index is 0.616. The molecule has 0 spiro atoms. The molecule has 4 heterocycles. The van der Waals surface area contributed by atoms with Gasteiger partial charge in [-0.05, 0) is 65.7 Å². The third-order valence-corrected chi connectivity index (χ3v) is 12.3. The first-order valence-corrected chi connectivity index (χ1v) is 19.8. The molecule has 4 aromatic heterocycles. The lowest BCUT2D eigenvalue weighted by Gasteiger charge is -2.08. The molecule has 0 aliphatic rings. The molecule has 0 saturated carbocycles. The first-order chi connectivity index (χ1) is 28.2. The van der Waals surface area contributed by atoms with E-state index in [2.05, 4.69) is 114 Å². The number of benzene rings is 8. The largest absolute Gasteiger partial charge is 0.456 e. The highest BCUT2D eigenvalue weighted by Gasteiger charge is 2.18. The average Bonchev–Trinajstić information content (AvgIpc) is 3.95. The molecule has 8 aromatic carbocycles. The second-order valence-corrected chi connectivity index (χ2v) is 15.4. The maximum Gasteiger partial charge on any atom is 0.164 e. The molecule has 6 heteroatoms. The summed E-state index contributed by atoms with van der Waals surface area (Å²) in [6.45, 7) is 0. The third kappa shape index (κ3) is 5.12. The van der Waals surface area contributed by atoms with E-state index in [4.69, 9.17) is 19.4 Å². The maximum atomic E-state index is 6.41. The Labute approximate surface area is 330 Å². The summed E-state index contributed by atoms with van der Waals surface area (Å²) < 4.78 is 11.3. The van der Waals surface area contributed by atoms with Gasteiger partial charge in [0, 0.05) is 64.1 Å². The fourth-order valence-electron chi connectivity index (χ4n) is 8.38. The molecule has 0 aliphatic carbocycles. The predicted octanol–water partition coefficient (Wildman–Crippen LogP) is 13.9. The highest BCUT2D eigenvalue weighted by atomic mass is 32.1. The Balaban J connectivity index is 0.986. The van der Waals surface area contributed by atoms with Crippen molar-refractivity contribution in [3.8, 4) is 51.0 Å².